The Labute approximate surface area is 259 Å². The third-order valence-corrected chi connectivity index (χ3v) is 8.79. The summed E-state index contributed by atoms with van der Waals surface area (Å²) in [6.07, 6.45) is 5.51. The van der Waals surface area contributed by atoms with Crippen molar-refractivity contribution < 1.29 is 0 Å². The quantitative estimate of drug-likeness (QED) is 0.196. The highest BCUT2D eigenvalue weighted by molar-refractivity contribution is 6.21. The molecule has 0 saturated heterocycles. The second-order valence-electron chi connectivity index (χ2n) is 11.3. The van der Waals surface area contributed by atoms with Crippen LogP contribution in [0.2, 0.25) is 0 Å². The van der Waals surface area contributed by atoms with E-state index in [4.69, 9.17) is 9.97 Å². The summed E-state index contributed by atoms with van der Waals surface area (Å²) in [4.78, 5) is 14.1. The molecule has 0 unspecified atom stereocenters. The summed E-state index contributed by atoms with van der Waals surface area (Å²) in [6, 6.07) is 49.3. The van der Waals surface area contributed by atoms with Crippen molar-refractivity contribution in [2.24, 2.45) is 0 Å². The van der Waals surface area contributed by atoms with Gasteiger partial charge in [0.1, 0.15) is 6.33 Å². The molecule has 0 aliphatic heterocycles. The lowest BCUT2D eigenvalue weighted by atomic mass is 9.87. The molecule has 45 heavy (non-hydrogen) atoms. The minimum atomic E-state index is 0.881. The second-order valence-corrected chi connectivity index (χ2v) is 11.3. The Balaban J connectivity index is 1.26. The molecule has 210 valence electrons. The first-order chi connectivity index (χ1) is 22.3. The van der Waals surface area contributed by atoms with Crippen LogP contribution in [0, 0.1) is 0 Å². The first-order valence-corrected chi connectivity index (χ1v) is 15.1. The molecule has 3 heterocycles. The van der Waals surface area contributed by atoms with Crippen molar-refractivity contribution in [3.63, 3.8) is 0 Å². The van der Waals surface area contributed by atoms with Gasteiger partial charge in [-0.2, -0.15) is 0 Å². The van der Waals surface area contributed by atoms with Crippen LogP contribution in [0.4, 0.5) is 0 Å². The Morgan fingerprint density at radius 2 is 1.02 bits per heavy atom. The topological polar surface area (TPSA) is 43.6 Å². The number of fused-ring (bicyclic) bond motifs is 5. The molecular formula is C41H26N4. The second kappa shape index (κ2) is 10.2. The lowest BCUT2D eigenvalue weighted by Gasteiger charge is -2.17. The van der Waals surface area contributed by atoms with E-state index in [1.807, 2.05) is 18.5 Å². The fraction of sp³-hybridized carbons (Fsp3) is 0. The molecule has 9 aromatic rings. The highest BCUT2D eigenvalue weighted by Gasteiger charge is 2.18. The monoisotopic (exact) mass is 574 g/mol. The van der Waals surface area contributed by atoms with Crippen LogP contribution >= 0.6 is 0 Å². The molecule has 0 radical (unpaired) electrons. The van der Waals surface area contributed by atoms with E-state index in [1.165, 1.54) is 32.7 Å². The van der Waals surface area contributed by atoms with Crippen molar-refractivity contribution in [3.05, 3.63) is 158 Å². The van der Waals surface area contributed by atoms with Gasteiger partial charge in [-0.1, -0.05) is 103 Å². The number of para-hydroxylation sites is 1. The number of rotatable bonds is 4. The highest BCUT2D eigenvalue weighted by Crippen LogP contribution is 2.43. The first kappa shape index (κ1) is 25.4. The van der Waals surface area contributed by atoms with Gasteiger partial charge in [0.25, 0.3) is 0 Å². The van der Waals surface area contributed by atoms with Crippen LogP contribution in [0.1, 0.15) is 0 Å². The minimum Gasteiger partial charge on any atom is -0.309 e. The first-order valence-electron chi connectivity index (χ1n) is 15.1. The van der Waals surface area contributed by atoms with E-state index < -0.39 is 0 Å². The van der Waals surface area contributed by atoms with Crippen molar-refractivity contribution in [1.82, 2.24) is 19.5 Å². The van der Waals surface area contributed by atoms with E-state index in [-0.39, 0.29) is 0 Å². The summed E-state index contributed by atoms with van der Waals surface area (Å²) in [5.41, 5.74) is 9.78. The predicted molar refractivity (Wildman–Crippen MR) is 185 cm³/mol. The molecule has 4 heteroatoms. The normalized spacial score (nSPS) is 11.6. The average molecular weight is 575 g/mol. The van der Waals surface area contributed by atoms with Gasteiger partial charge in [-0.25, -0.2) is 9.97 Å². The van der Waals surface area contributed by atoms with Crippen molar-refractivity contribution >= 4 is 43.4 Å². The number of nitrogens with zero attached hydrogens (tertiary/aromatic N) is 4. The van der Waals surface area contributed by atoms with E-state index in [1.54, 1.807) is 6.33 Å². The number of benzene rings is 6. The largest absolute Gasteiger partial charge is 0.309 e. The molecule has 0 aliphatic carbocycles. The maximum atomic E-state index is 4.87. The molecule has 0 spiro atoms. The van der Waals surface area contributed by atoms with Gasteiger partial charge in [-0.05, 0) is 69.1 Å². The maximum Gasteiger partial charge on any atom is 0.116 e. The van der Waals surface area contributed by atoms with Gasteiger partial charge in [-0.3, -0.25) is 4.98 Å². The molecule has 0 saturated carbocycles. The van der Waals surface area contributed by atoms with Gasteiger partial charge >= 0.3 is 0 Å². The van der Waals surface area contributed by atoms with Crippen molar-refractivity contribution in [3.8, 4) is 39.3 Å². The Morgan fingerprint density at radius 3 is 1.73 bits per heavy atom. The number of aromatic nitrogens is 4. The fourth-order valence-corrected chi connectivity index (χ4v) is 6.85. The van der Waals surface area contributed by atoms with E-state index >= 15 is 0 Å². The van der Waals surface area contributed by atoms with Gasteiger partial charge in [0.15, 0.2) is 0 Å². The number of pyridine rings is 1. The number of hydrogen-bond acceptors (Lipinski definition) is 3. The van der Waals surface area contributed by atoms with Crippen LogP contribution in [0.15, 0.2) is 158 Å². The minimum absolute atomic E-state index is 0.881. The number of hydrogen-bond donors (Lipinski definition) is 0. The fourth-order valence-electron chi connectivity index (χ4n) is 6.85. The van der Waals surface area contributed by atoms with Gasteiger partial charge in [-0.15, -0.1) is 0 Å². The standard InChI is InChI=1S/C41H26N4/c1-3-11-27(12-4-1)40-30-15-7-9-17-32(30)41(33-18-10-8-16-31(33)40)37-24-36(43-26-44-37)28-19-20-38-34(23-28)35-25-42-22-21-39(35)45(38)29-13-5-2-6-14-29/h1-26H. The van der Waals surface area contributed by atoms with Crippen LogP contribution in [-0.4, -0.2) is 19.5 Å². The molecule has 0 N–H and O–H groups in total. The van der Waals surface area contributed by atoms with Gasteiger partial charge in [0, 0.05) is 40.0 Å². The molecule has 0 amide bonds. The summed E-state index contributed by atoms with van der Waals surface area (Å²) in [7, 11) is 0. The molecule has 3 aromatic heterocycles. The predicted octanol–water partition coefficient (Wildman–Crippen LogP) is 10.3. The summed E-state index contributed by atoms with van der Waals surface area (Å²) < 4.78 is 2.30. The Kier molecular flexibility index (Phi) is 5.78. The third kappa shape index (κ3) is 4.04. The zero-order chi connectivity index (χ0) is 29.7. The average Bonchev–Trinajstić information content (AvgIpc) is 3.45. The molecule has 9 rings (SSSR count). The van der Waals surface area contributed by atoms with Crippen LogP contribution in [0.25, 0.3) is 82.7 Å². The van der Waals surface area contributed by atoms with Crippen LogP contribution in [0.3, 0.4) is 0 Å². The molecule has 0 bridgehead atoms. The molecule has 4 nitrogen and oxygen atoms in total. The molecule has 6 aromatic carbocycles. The van der Waals surface area contributed by atoms with E-state index in [0.717, 1.165) is 50.0 Å². The van der Waals surface area contributed by atoms with Gasteiger partial charge in [0.05, 0.1) is 22.4 Å². The smallest absolute Gasteiger partial charge is 0.116 e. The van der Waals surface area contributed by atoms with E-state index in [2.05, 4.69) is 143 Å². The Bertz CT molecular complexity index is 2480. The zero-order valence-electron chi connectivity index (χ0n) is 24.3. The van der Waals surface area contributed by atoms with Crippen molar-refractivity contribution in [1.29, 1.82) is 0 Å². The third-order valence-electron chi connectivity index (χ3n) is 8.79. The lowest BCUT2D eigenvalue weighted by Crippen LogP contribution is -1.94. The molecule has 0 fully saturated rings. The lowest BCUT2D eigenvalue weighted by molar-refractivity contribution is 1.17. The molecular weight excluding hydrogens is 548 g/mol. The Hall–Kier alpha value is -6.13. The molecule has 0 atom stereocenters. The summed E-state index contributed by atoms with van der Waals surface area (Å²) in [6.45, 7) is 0. The summed E-state index contributed by atoms with van der Waals surface area (Å²) in [5.74, 6) is 0. The van der Waals surface area contributed by atoms with Gasteiger partial charge < -0.3 is 4.57 Å². The summed E-state index contributed by atoms with van der Waals surface area (Å²) in [5, 5.41) is 7.02. The van der Waals surface area contributed by atoms with Crippen molar-refractivity contribution in [2.75, 3.05) is 0 Å². The van der Waals surface area contributed by atoms with Gasteiger partial charge in [0.2, 0.25) is 0 Å². The van der Waals surface area contributed by atoms with Crippen LogP contribution < -0.4 is 0 Å². The maximum absolute atomic E-state index is 4.87. The van der Waals surface area contributed by atoms with Crippen molar-refractivity contribution in [2.45, 2.75) is 0 Å². The van der Waals surface area contributed by atoms with Crippen LogP contribution in [0.5, 0.6) is 0 Å². The molecule has 0 aliphatic rings. The SMILES string of the molecule is c1ccc(-c2c3ccccc3c(-c3cc(-c4ccc5c(c4)c4cnccc4n5-c4ccccc4)ncn3)c3ccccc23)cc1. The van der Waals surface area contributed by atoms with E-state index in [9.17, 15) is 0 Å². The Morgan fingerprint density at radius 1 is 0.422 bits per heavy atom. The van der Waals surface area contributed by atoms with Crippen LogP contribution in [-0.2, 0) is 0 Å². The van der Waals surface area contributed by atoms with E-state index in [0.29, 0.717) is 0 Å². The highest BCUT2D eigenvalue weighted by atomic mass is 15.0. The summed E-state index contributed by atoms with van der Waals surface area (Å²) >= 11 is 0. The zero-order valence-corrected chi connectivity index (χ0v) is 24.3.